The van der Waals surface area contributed by atoms with E-state index in [1.54, 1.807) is 0 Å². The zero-order valence-corrected chi connectivity index (χ0v) is 10.6. The van der Waals surface area contributed by atoms with E-state index >= 15 is 0 Å². The zero-order valence-electron chi connectivity index (χ0n) is 10.6. The quantitative estimate of drug-likeness (QED) is 0.668. The Morgan fingerprint density at radius 2 is 1.88 bits per heavy atom. The second-order valence-corrected chi connectivity index (χ2v) is 5.17. The topological polar surface area (TPSA) is 24.5 Å². The van der Waals surface area contributed by atoms with Crippen molar-refractivity contribution in [2.75, 3.05) is 32.7 Å². The third kappa shape index (κ3) is 3.72. The summed E-state index contributed by atoms with van der Waals surface area (Å²) in [5, 5.41) is 3.46. The third-order valence-electron chi connectivity index (χ3n) is 3.62. The Morgan fingerprint density at radius 3 is 2.56 bits per heavy atom. The van der Waals surface area contributed by atoms with E-state index in [0.29, 0.717) is 12.2 Å². The average Bonchev–Trinajstić information content (AvgIpc) is 2.63. The molecule has 0 aromatic heterocycles. The van der Waals surface area contributed by atoms with Gasteiger partial charge >= 0.3 is 0 Å². The van der Waals surface area contributed by atoms with E-state index in [-0.39, 0.29) is 0 Å². The minimum Gasteiger partial charge on any atom is -0.372 e. The maximum atomic E-state index is 5.83. The Labute approximate surface area is 99.5 Å². The Kier molecular flexibility index (Phi) is 5.07. The molecule has 2 bridgehead atoms. The molecule has 0 amide bonds. The summed E-state index contributed by atoms with van der Waals surface area (Å²) >= 11 is 0. The molecule has 3 nitrogen and oxygen atoms in total. The van der Waals surface area contributed by atoms with Gasteiger partial charge in [0.25, 0.3) is 0 Å². The van der Waals surface area contributed by atoms with Crippen LogP contribution in [0.25, 0.3) is 0 Å². The van der Waals surface area contributed by atoms with Gasteiger partial charge in [0.2, 0.25) is 0 Å². The molecule has 0 spiro atoms. The highest BCUT2D eigenvalue weighted by Crippen LogP contribution is 2.26. The van der Waals surface area contributed by atoms with Gasteiger partial charge in [-0.2, -0.15) is 0 Å². The molecule has 0 radical (unpaired) electrons. The highest BCUT2D eigenvalue weighted by molar-refractivity contribution is 4.84. The minimum atomic E-state index is 0.553. The summed E-state index contributed by atoms with van der Waals surface area (Å²) in [4.78, 5) is 2.60. The van der Waals surface area contributed by atoms with Crippen LogP contribution in [0.4, 0.5) is 0 Å². The van der Waals surface area contributed by atoms with Gasteiger partial charge < -0.3 is 10.1 Å². The summed E-state index contributed by atoms with van der Waals surface area (Å²) in [6, 6.07) is 0. The molecule has 2 unspecified atom stereocenters. The number of morpholine rings is 1. The van der Waals surface area contributed by atoms with Crippen LogP contribution >= 0.6 is 0 Å². The Balaban J connectivity index is 1.50. The van der Waals surface area contributed by atoms with Crippen LogP contribution in [-0.2, 0) is 4.74 Å². The van der Waals surface area contributed by atoms with Gasteiger partial charge in [0.1, 0.15) is 0 Å². The van der Waals surface area contributed by atoms with Gasteiger partial charge in [-0.25, -0.2) is 0 Å². The fourth-order valence-electron chi connectivity index (χ4n) is 2.77. The number of hydrogen-bond donors (Lipinski definition) is 1. The van der Waals surface area contributed by atoms with Crippen molar-refractivity contribution in [3.05, 3.63) is 0 Å². The number of hydrogen-bond acceptors (Lipinski definition) is 3. The van der Waals surface area contributed by atoms with Crippen LogP contribution in [0.3, 0.4) is 0 Å². The number of rotatable bonds is 7. The Hall–Kier alpha value is -0.120. The van der Waals surface area contributed by atoms with Crippen molar-refractivity contribution < 1.29 is 4.74 Å². The van der Waals surface area contributed by atoms with Gasteiger partial charge in [-0.3, -0.25) is 4.90 Å². The summed E-state index contributed by atoms with van der Waals surface area (Å²) in [6.07, 6.45) is 7.57. The van der Waals surface area contributed by atoms with Gasteiger partial charge in [-0.15, -0.1) is 0 Å². The van der Waals surface area contributed by atoms with Crippen LogP contribution < -0.4 is 5.32 Å². The first kappa shape index (κ1) is 12.3. The monoisotopic (exact) mass is 226 g/mol. The van der Waals surface area contributed by atoms with Crippen LogP contribution in [0, 0.1) is 0 Å². The Morgan fingerprint density at radius 1 is 1.12 bits per heavy atom. The predicted octanol–water partition coefficient (Wildman–Crippen LogP) is 1.63. The summed E-state index contributed by atoms with van der Waals surface area (Å²) in [5.41, 5.74) is 0. The highest BCUT2D eigenvalue weighted by Gasteiger charge is 2.32. The molecule has 0 aromatic carbocycles. The van der Waals surface area contributed by atoms with Crippen LogP contribution in [0.15, 0.2) is 0 Å². The van der Waals surface area contributed by atoms with E-state index in [1.807, 2.05) is 0 Å². The standard InChI is InChI=1S/C13H26N2O/c1-2-7-14-8-3-4-9-15-10-12-5-6-13(11-15)16-12/h12-14H,2-11H2,1H3. The summed E-state index contributed by atoms with van der Waals surface area (Å²) in [7, 11) is 0. The largest absolute Gasteiger partial charge is 0.372 e. The van der Waals surface area contributed by atoms with Gasteiger partial charge in [0, 0.05) is 13.1 Å². The van der Waals surface area contributed by atoms with Crippen molar-refractivity contribution in [1.82, 2.24) is 10.2 Å². The summed E-state index contributed by atoms with van der Waals surface area (Å²) < 4.78 is 5.83. The number of likely N-dealkylation sites (tertiary alicyclic amines) is 1. The Bertz CT molecular complexity index is 186. The fraction of sp³-hybridized carbons (Fsp3) is 1.00. The van der Waals surface area contributed by atoms with Crippen molar-refractivity contribution in [3.8, 4) is 0 Å². The van der Waals surface area contributed by atoms with Crippen LogP contribution in [-0.4, -0.2) is 49.8 Å². The molecule has 94 valence electrons. The van der Waals surface area contributed by atoms with E-state index in [0.717, 1.165) is 0 Å². The second-order valence-electron chi connectivity index (χ2n) is 5.17. The average molecular weight is 226 g/mol. The molecule has 2 saturated heterocycles. The maximum Gasteiger partial charge on any atom is 0.0707 e. The van der Waals surface area contributed by atoms with Gasteiger partial charge in [-0.1, -0.05) is 6.92 Å². The lowest BCUT2D eigenvalue weighted by Gasteiger charge is -2.32. The number of unbranched alkanes of at least 4 members (excludes halogenated alkanes) is 1. The third-order valence-corrected chi connectivity index (χ3v) is 3.62. The molecular formula is C13H26N2O. The SMILES string of the molecule is CCCNCCCCN1CC2CCC(C1)O2. The molecule has 0 aromatic rings. The lowest BCUT2D eigenvalue weighted by Crippen LogP contribution is -2.43. The highest BCUT2D eigenvalue weighted by atomic mass is 16.5. The van der Waals surface area contributed by atoms with Crippen LogP contribution in [0.1, 0.15) is 39.0 Å². The van der Waals surface area contributed by atoms with E-state index in [2.05, 4.69) is 17.1 Å². The molecule has 2 fully saturated rings. The molecule has 0 aliphatic carbocycles. The molecule has 2 aliphatic heterocycles. The smallest absolute Gasteiger partial charge is 0.0707 e. The predicted molar refractivity (Wildman–Crippen MR) is 66.7 cm³/mol. The van der Waals surface area contributed by atoms with Crippen molar-refractivity contribution in [1.29, 1.82) is 0 Å². The number of fused-ring (bicyclic) bond motifs is 2. The number of nitrogens with one attached hydrogen (secondary N) is 1. The zero-order chi connectivity index (χ0) is 11.2. The first-order valence-corrected chi connectivity index (χ1v) is 6.97. The molecule has 1 N–H and O–H groups in total. The molecule has 3 heteroatoms. The number of ether oxygens (including phenoxy) is 1. The van der Waals surface area contributed by atoms with Crippen molar-refractivity contribution in [2.45, 2.75) is 51.2 Å². The molecule has 2 heterocycles. The van der Waals surface area contributed by atoms with Crippen molar-refractivity contribution in [2.24, 2.45) is 0 Å². The van der Waals surface area contributed by atoms with E-state index < -0.39 is 0 Å². The molecule has 2 atom stereocenters. The molecule has 2 rings (SSSR count). The van der Waals surface area contributed by atoms with Gasteiger partial charge in [0.15, 0.2) is 0 Å². The number of nitrogens with zero attached hydrogens (tertiary/aromatic N) is 1. The van der Waals surface area contributed by atoms with Gasteiger partial charge in [0.05, 0.1) is 12.2 Å². The minimum absolute atomic E-state index is 0.553. The van der Waals surface area contributed by atoms with E-state index in [4.69, 9.17) is 4.74 Å². The summed E-state index contributed by atoms with van der Waals surface area (Å²) in [5.74, 6) is 0. The van der Waals surface area contributed by atoms with Crippen LogP contribution in [0.5, 0.6) is 0 Å². The first-order valence-electron chi connectivity index (χ1n) is 6.97. The first-order chi connectivity index (χ1) is 7.88. The lowest BCUT2D eigenvalue weighted by molar-refractivity contribution is -0.0385. The molecular weight excluding hydrogens is 200 g/mol. The van der Waals surface area contributed by atoms with E-state index in [1.165, 1.54) is 64.8 Å². The van der Waals surface area contributed by atoms with Crippen molar-refractivity contribution in [3.63, 3.8) is 0 Å². The lowest BCUT2D eigenvalue weighted by atomic mass is 10.2. The second kappa shape index (κ2) is 6.58. The normalized spacial score (nSPS) is 29.8. The molecule has 2 aliphatic rings. The van der Waals surface area contributed by atoms with Crippen molar-refractivity contribution >= 4 is 0 Å². The van der Waals surface area contributed by atoms with Gasteiger partial charge in [-0.05, 0) is 51.7 Å². The summed E-state index contributed by atoms with van der Waals surface area (Å²) in [6.45, 7) is 8.20. The van der Waals surface area contributed by atoms with E-state index in [9.17, 15) is 0 Å². The van der Waals surface area contributed by atoms with Crippen LogP contribution in [0.2, 0.25) is 0 Å². The fourth-order valence-corrected chi connectivity index (χ4v) is 2.77. The maximum absolute atomic E-state index is 5.83. The molecule has 0 saturated carbocycles. The molecule has 16 heavy (non-hydrogen) atoms.